The maximum Gasteiger partial charge on any atom is 0.143 e. The van der Waals surface area contributed by atoms with Crippen molar-refractivity contribution in [2.24, 2.45) is 11.8 Å². The maximum absolute atomic E-state index is 12.8. The standard InChI is InChI=1S/C25H32ClN3O2/c1-17-5-6-20(15-27-17)25(30)13-22-12-23(24(26)16-29-22)19-3-2-4-21(11-19)28-14-18-7-9-31-10-8-18/h2-4,11-12,16-18,20,27-28H,5-10,13-15H2,1H3/t17-,20-/m1/s1. The van der Waals surface area contributed by atoms with Crippen LogP contribution in [0.15, 0.2) is 36.5 Å². The van der Waals surface area contributed by atoms with Crippen molar-refractivity contribution in [1.82, 2.24) is 10.3 Å². The fraction of sp³-hybridized carbons (Fsp3) is 0.520. The summed E-state index contributed by atoms with van der Waals surface area (Å²) >= 11 is 6.49. The van der Waals surface area contributed by atoms with E-state index in [4.69, 9.17) is 16.3 Å². The van der Waals surface area contributed by atoms with E-state index in [2.05, 4.69) is 40.7 Å². The van der Waals surface area contributed by atoms with Gasteiger partial charge in [0.05, 0.1) is 5.02 Å². The van der Waals surface area contributed by atoms with Crippen molar-refractivity contribution < 1.29 is 9.53 Å². The van der Waals surface area contributed by atoms with Crippen LogP contribution in [0, 0.1) is 11.8 Å². The number of anilines is 1. The molecule has 0 aliphatic carbocycles. The van der Waals surface area contributed by atoms with Gasteiger partial charge in [-0.3, -0.25) is 9.78 Å². The minimum Gasteiger partial charge on any atom is -0.385 e. The number of pyridine rings is 1. The Labute approximate surface area is 189 Å². The van der Waals surface area contributed by atoms with Crippen molar-refractivity contribution in [3.63, 3.8) is 0 Å². The molecule has 2 aliphatic heterocycles. The van der Waals surface area contributed by atoms with Crippen LogP contribution in [0.5, 0.6) is 0 Å². The van der Waals surface area contributed by atoms with Gasteiger partial charge in [0.1, 0.15) is 5.78 Å². The summed E-state index contributed by atoms with van der Waals surface area (Å²) in [4.78, 5) is 17.2. The second-order valence-corrected chi connectivity index (χ2v) is 9.31. The van der Waals surface area contributed by atoms with Crippen LogP contribution in [0.1, 0.15) is 38.3 Å². The Morgan fingerprint density at radius 1 is 1.23 bits per heavy atom. The zero-order valence-corrected chi connectivity index (χ0v) is 19.0. The number of nitrogens with zero attached hydrogens (tertiary/aromatic N) is 1. The number of benzene rings is 1. The Morgan fingerprint density at radius 3 is 2.84 bits per heavy atom. The molecule has 1 aromatic carbocycles. The molecule has 5 nitrogen and oxygen atoms in total. The first kappa shape index (κ1) is 22.3. The molecule has 0 amide bonds. The quantitative estimate of drug-likeness (QED) is 0.649. The molecule has 0 saturated carbocycles. The second kappa shape index (κ2) is 10.6. The van der Waals surface area contributed by atoms with Crippen molar-refractivity contribution in [1.29, 1.82) is 0 Å². The van der Waals surface area contributed by atoms with Gasteiger partial charge in [-0.25, -0.2) is 0 Å². The number of Topliss-reactive ketones (excluding diaryl/α,β-unsaturated/α-hetero) is 1. The normalized spacial score (nSPS) is 22.3. The first-order valence-corrected chi connectivity index (χ1v) is 11.8. The molecule has 4 rings (SSSR count). The summed E-state index contributed by atoms with van der Waals surface area (Å²) in [5, 5.41) is 7.58. The van der Waals surface area contributed by atoms with E-state index < -0.39 is 0 Å². The van der Waals surface area contributed by atoms with Crippen molar-refractivity contribution in [2.75, 3.05) is 31.6 Å². The molecule has 2 N–H and O–H groups in total. The maximum atomic E-state index is 12.8. The summed E-state index contributed by atoms with van der Waals surface area (Å²) in [5.74, 6) is 0.985. The molecule has 2 aromatic rings. The SMILES string of the molecule is C[C@@H]1CC[C@@H](C(=O)Cc2cc(-c3cccc(NCC4CCOCC4)c3)c(Cl)cn2)CN1. The van der Waals surface area contributed by atoms with E-state index in [1.807, 2.05) is 12.1 Å². The number of rotatable bonds is 7. The predicted octanol–water partition coefficient (Wildman–Crippen LogP) is 4.74. The minimum atomic E-state index is 0.0786. The highest BCUT2D eigenvalue weighted by Gasteiger charge is 2.24. The minimum absolute atomic E-state index is 0.0786. The smallest absolute Gasteiger partial charge is 0.143 e. The van der Waals surface area contributed by atoms with E-state index in [1.165, 1.54) is 0 Å². The van der Waals surface area contributed by atoms with Gasteiger partial charge in [0.2, 0.25) is 0 Å². The summed E-state index contributed by atoms with van der Waals surface area (Å²) in [6, 6.07) is 10.8. The van der Waals surface area contributed by atoms with Crippen LogP contribution in [0.2, 0.25) is 5.02 Å². The van der Waals surface area contributed by atoms with Crippen LogP contribution in [0.25, 0.3) is 11.1 Å². The molecule has 2 saturated heterocycles. The lowest BCUT2D eigenvalue weighted by atomic mass is 9.89. The van der Waals surface area contributed by atoms with Gasteiger partial charge in [-0.2, -0.15) is 0 Å². The van der Waals surface area contributed by atoms with Crippen molar-refractivity contribution in [3.8, 4) is 11.1 Å². The molecule has 1 aromatic heterocycles. The third-order valence-electron chi connectivity index (χ3n) is 6.49. The third-order valence-corrected chi connectivity index (χ3v) is 6.79. The van der Waals surface area contributed by atoms with Gasteiger partial charge in [0, 0.05) is 67.8 Å². The lowest BCUT2D eigenvalue weighted by Crippen LogP contribution is -2.40. The average molecular weight is 442 g/mol. The number of carbonyl (C=O) groups is 1. The summed E-state index contributed by atoms with van der Waals surface area (Å²) in [5.41, 5.74) is 3.82. The topological polar surface area (TPSA) is 63.2 Å². The van der Waals surface area contributed by atoms with Crippen LogP contribution >= 0.6 is 11.6 Å². The molecule has 3 heterocycles. The number of hydrogen-bond acceptors (Lipinski definition) is 5. The number of carbonyl (C=O) groups excluding carboxylic acids is 1. The van der Waals surface area contributed by atoms with Crippen molar-refractivity contribution in [3.05, 3.63) is 47.2 Å². The molecule has 2 aliphatic rings. The molecule has 2 atom stereocenters. The number of halogens is 1. The highest BCUT2D eigenvalue weighted by molar-refractivity contribution is 6.33. The van der Waals surface area contributed by atoms with E-state index in [1.54, 1.807) is 6.20 Å². The Morgan fingerprint density at radius 2 is 2.06 bits per heavy atom. The van der Waals surface area contributed by atoms with E-state index >= 15 is 0 Å². The lowest BCUT2D eigenvalue weighted by molar-refractivity contribution is -0.122. The molecule has 0 bridgehead atoms. The van der Waals surface area contributed by atoms with Crippen molar-refractivity contribution in [2.45, 2.75) is 45.1 Å². The van der Waals surface area contributed by atoms with E-state index in [9.17, 15) is 4.79 Å². The number of ketones is 1. The third kappa shape index (κ3) is 6.06. The number of aromatic nitrogens is 1. The van der Waals surface area contributed by atoms with E-state index in [-0.39, 0.29) is 11.7 Å². The number of nitrogens with one attached hydrogen (secondary N) is 2. The number of ether oxygens (including phenoxy) is 1. The lowest BCUT2D eigenvalue weighted by Gasteiger charge is -2.26. The van der Waals surface area contributed by atoms with E-state index in [0.29, 0.717) is 23.4 Å². The highest BCUT2D eigenvalue weighted by atomic mass is 35.5. The zero-order chi connectivity index (χ0) is 21.6. The van der Waals surface area contributed by atoms with Crippen LogP contribution in [0.4, 0.5) is 5.69 Å². The molecule has 166 valence electrons. The Hall–Kier alpha value is -1.95. The summed E-state index contributed by atoms with van der Waals surface area (Å²) in [6.45, 7) is 5.60. The fourth-order valence-corrected chi connectivity index (χ4v) is 4.62. The number of piperidine rings is 1. The van der Waals surface area contributed by atoms with Gasteiger partial charge in [-0.15, -0.1) is 0 Å². The highest BCUT2D eigenvalue weighted by Crippen LogP contribution is 2.30. The molecular formula is C25H32ClN3O2. The first-order chi connectivity index (χ1) is 15.1. The van der Waals surface area contributed by atoms with Gasteiger partial charge in [-0.05, 0) is 62.3 Å². The fourth-order valence-electron chi connectivity index (χ4n) is 4.41. The van der Waals surface area contributed by atoms with Gasteiger partial charge in [0.25, 0.3) is 0 Å². The van der Waals surface area contributed by atoms with Crippen LogP contribution in [-0.2, 0) is 16.0 Å². The zero-order valence-electron chi connectivity index (χ0n) is 18.2. The largest absolute Gasteiger partial charge is 0.385 e. The van der Waals surface area contributed by atoms with E-state index in [0.717, 1.165) is 74.5 Å². The molecule has 31 heavy (non-hydrogen) atoms. The Bertz CT molecular complexity index is 890. The molecule has 0 radical (unpaired) electrons. The average Bonchev–Trinajstić information content (AvgIpc) is 2.80. The predicted molar refractivity (Wildman–Crippen MR) is 126 cm³/mol. The molecular weight excluding hydrogens is 410 g/mol. The number of hydrogen-bond donors (Lipinski definition) is 2. The van der Waals surface area contributed by atoms with Crippen LogP contribution < -0.4 is 10.6 Å². The van der Waals surface area contributed by atoms with Crippen LogP contribution in [-0.4, -0.2) is 43.1 Å². The van der Waals surface area contributed by atoms with Gasteiger partial charge in [-0.1, -0.05) is 23.7 Å². The first-order valence-electron chi connectivity index (χ1n) is 11.4. The van der Waals surface area contributed by atoms with Crippen LogP contribution in [0.3, 0.4) is 0 Å². The summed E-state index contributed by atoms with van der Waals surface area (Å²) < 4.78 is 5.45. The Balaban J connectivity index is 1.43. The van der Waals surface area contributed by atoms with Gasteiger partial charge < -0.3 is 15.4 Å². The van der Waals surface area contributed by atoms with Gasteiger partial charge in [0.15, 0.2) is 0 Å². The summed E-state index contributed by atoms with van der Waals surface area (Å²) in [7, 11) is 0. The molecule has 6 heteroatoms. The monoisotopic (exact) mass is 441 g/mol. The van der Waals surface area contributed by atoms with Gasteiger partial charge >= 0.3 is 0 Å². The van der Waals surface area contributed by atoms with Crippen molar-refractivity contribution >= 4 is 23.1 Å². The second-order valence-electron chi connectivity index (χ2n) is 8.90. The summed E-state index contributed by atoms with van der Waals surface area (Å²) in [6.07, 6.45) is 6.23. The molecule has 2 fully saturated rings. The molecule has 0 unspecified atom stereocenters. The Kier molecular flexibility index (Phi) is 7.59. The molecule has 0 spiro atoms.